The van der Waals surface area contributed by atoms with Gasteiger partial charge in [-0.05, 0) is 11.1 Å². The van der Waals surface area contributed by atoms with Crippen LogP contribution in [0, 0.1) is 34.5 Å². The monoisotopic (exact) mass is 1170 g/mol. The van der Waals surface area contributed by atoms with Gasteiger partial charge in [-0.25, -0.2) is 21.5 Å². The molecule has 5 aliphatic rings. The lowest BCUT2D eigenvalue weighted by molar-refractivity contribution is -0.377. The zero-order chi connectivity index (χ0) is 55.7. The number of ether oxygens (including phenoxy) is 10. The molecular weight excluding hydrogens is 1110 g/mol. The van der Waals surface area contributed by atoms with Crippen LogP contribution in [0.25, 0.3) is 0 Å². The van der Waals surface area contributed by atoms with Crippen LogP contribution in [0.1, 0.15) is 34.6 Å². The molecule has 74 heavy (non-hydrogen) atoms. The van der Waals surface area contributed by atoms with E-state index in [4.69, 9.17) is 51.9 Å². The summed E-state index contributed by atoms with van der Waals surface area (Å²) in [5.41, 5.74) is 0. The van der Waals surface area contributed by atoms with Crippen molar-refractivity contribution in [3.05, 3.63) is 4.91 Å². The van der Waals surface area contributed by atoms with Crippen molar-refractivity contribution in [1.29, 1.82) is 0 Å². The van der Waals surface area contributed by atoms with Crippen LogP contribution in [0.2, 0.25) is 0 Å². The number of hydrogen-bond acceptors (Lipinski definition) is 30. The number of aliphatic hydroxyl groups excluding tert-OH is 5. The second-order valence-electron chi connectivity index (χ2n) is 17.9. The van der Waals surface area contributed by atoms with Crippen molar-refractivity contribution in [3.8, 4) is 0 Å². The molecule has 0 aliphatic carbocycles. The molecule has 0 aromatic carbocycles. The van der Waals surface area contributed by atoms with Crippen molar-refractivity contribution in [1.82, 2.24) is 0 Å². The van der Waals surface area contributed by atoms with Crippen LogP contribution in [0.5, 0.6) is 0 Å². The normalized spacial score (nSPS) is 43.9. The molecule has 5 aliphatic heterocycles. The highest BCUT2D eigenvalue weighted by molar-refractivity contribution is 7.81. The highest BCUT2D eigenvalue weighted by Crippen LogP contribution is 2.41. The Hall–Kier alpha value is -2.05. The number of carboxylic acids is 1. The van der Waals surface area contributed by atoms with Gasteiger partial charge < -0.3 is 78.0 Å². The van der Waals surface area contributed by atoms with Gasteiger partial charge in [-0.15, -0.1) is 4.91 Å². The molecule has 432 valence electrons. The zero-order valence-electron chi connectivity index (χ0n) is 39.4. The highest BCUT2D eigenvalue weighted by Gasteiger charge is 2.58. The molecule has 0 radical (unpaired) electrons. The number of aliphatic carboxylic acids is 1. The first kappa shape index (κ1) is 62.8. The van der Waals surface area contributed by atoms with Crippen LogP contribution in [0.4, 0.5) is 0 Å². The summed E-state index contributed by atoms with van der Waals surface area (Å²) in [5, 5.41) is 69.2. The van der Waals surface area contributed by atoms with E-state index in [1.54, 1.807) is 0 Å². The summed E-state index contributed by atoms with van der Waals surface area (Å²) in [6.07, 6.45) is -39.0. The fraction of sp³-hybridized carbons (Fsp3) is 0.971. The Morgan fingerprint density at radius 1 is 0.459 bits per heavy atom. The Balaban J connectivity index is 1.38. The van der Waals surface area contributed by atoms with Gasteiger partial charge in [0, 0.05) is 30.8 Å². The molecule has 5 heterocycles. The molecule has 5 fully saturated rings. The van der Waals surface area contributed by atoms with E-state index in [-0.39, 0.29) is 0 Å². The first-order chi connectivity index (χ1) is 34.1. The molecule has 0 amide bonds. The van der Waals surface area contributed by atoms with Crippen LogP contribution in [-0.2, 0) is 110 Å². The molecule has 0 saturated carbocycles. The van der Waals surface area contributed by atoms with Gasteiger partial charge in [0.1, 0.15) is 48.8 Å². The first-order valence-corrected chi connectivity index (χ1v) is 27.4. The van der Waals surface area contributed by atoms with E-state index >= 15 is 0 Å². The van der Waals surface area contributed by atoms with Crippen LogP contribution in [-0.4, -0.2) is 239 Å². The van der Waals surface area contributed by atoms with Crippen molar-refractivity contribution in [2.45, 2.75) is 158 Å². The topological polar surface area (TPSA) is 515 Å². The number of hydrogen-bond donors (Lipinski definition) is 10. The zero-order valence-corrected chi connectivity index (χ0v) is 42.7. The minimum Gasteiger partial charge on any atom is -0.479 e. The van der Waals surface area contributed by atoms with E-state index in [0.717, 1.165) is 7.11 Å². The Morgan fingerprint density at radius 3 is 1.43 bits per heavy atom. The summed E-state index contributed by atoms with van der Waals surface area (Å²) in [4.78, 5) is 25.0. The van der Waals surface area contributed by atoms with Crippen molar-refractivity contribution in [3.63, 3.8) is 0 Å². The Bertz CT molecular complexity index is 2350. The molecule has 0 bridgehead atoms. The van der Waals surface area contributed by atoms with Gasteiger partial charge in [0.2, 0.25) is 6.23 Å². The van der Waals surface area contributed by atoms with Crippen molar-refractivity contribution in [2.24, 2.45) is 34.8 Å². The summed E-state index contributed by atoms with van der Waals surface area (Å²) in [6, 6.07) is 0. The molecule has 0 spiro atoms. The maximum atomic E-state index is 12.6. The Morgan fingerprint density at radius 2 is 0.919 bits per heavy atom. The van der Waals surface area contributed by atoms with Gasteiger partial charge in [0.05, 0.1) is 44.2 Å². The van der Waals surface area contributed by atoms with E-state index in [9.17, 15) is 87.7 Å². The summed E-state index contributed by atoms with van der Waals surface area (Å²) >= 11 is 0. The predicted molar refractivity (Wildman–Crippen MR) is 228 cm³/mol. The van der Waals surface area contributed by atoms with Crippen LogP contribution < -0.4 is 0 Å². The van der Waals surface area contributed by atoms with Gasteiger partial charge in [0.15, 0.2) is 43.7 Å². The number of carboxylic acid groups (broad SMARTS) is 1. The average Bonchev–Trinajstić information content (AvgIpc) is 3.29. The summed E-state index contributed by atoms with van der Waals surface area (Å²) in [6.45, 7) is 3.76. The fourth-order valence-corrected chi connectivity index (χ4v) is 10.2. The molecule has 25 atom stereocenters. The minimum atomic E-state index is -5.63. The van der Waals surface area contributed by atoms with Crippen LogP contribution in [0.15, 0.2) is 5.18 Å². The molecule has 10 N–H and O–H groups in total. The van der Waals surface area contributed by atoms with Crippen molar-refractivity contribution in [2.75, 3.05) is 26.9 Å². The lowest BCUT2D eigenvalue weighted by Gasteiger charge is -2.50. The maximum absolute atomic E-state index is 12.6. The smallest absolute Gasteiger partial charge is 0.397 e. The average molecular weight is 1170 g/mol. The van der Waals surface area contributed by atoms with E-state index in [2.05, 4.69) is 21.9 Å². The fourth-order valence-electron chi connectivity index (χ4n) is 8.79. The molecule has 10 unspecified atom stereocenters. The second-order valence-corrected chi connectivity index (χ2v) is 22.2. The Labute approximate surface area is 422 Å². The van der Waals surface area contributed by atoms with E-state index in [0.29, 0.717) is 0 Å². The first-order valence-electron chi connectivity index (χ1n) is 21.9. The van der Waals surface area contributed by atoms with Gasteiger partial charge in [-0.1, -0.05) is 34.6 Å². The van der Waals surface area contributed by atoms with Crippen LogP contribution in [0.3, 0.4) is 0 Å². The van der Waals surface area contributed by atoms with E-state index in [1.807, 2.05) is 0 Å². The van der Waals surface area contributed by atoms with Gasteiger partial charge in [-0.2, -0.15) is 33.7 Å². The summed E-state index contributed by atoms with van der Waals surface area (Å²) in [5.74, 6) is -7.01. The molecule has 39 heteroatoms. The molecule has 0 aromatic rings. The molecule has 5 saturated heterocycles. The number of carbonyl (C=O) groups is 1. The number of rotatable bonds is 22. The van der Waals surface area contributed by atoms with Gasteiger partial charge >= 0.3 is 47.6 Å². The number of nitroso groups, excluding NO2 is 1. The number of methoxy groups -OCH3 is 1. The molecule has 35 nitrogen and oxygen atoms in total. The van der Waals surface area contributed by atoms with E-state index in [1.165, 1.54) is 34.6 Å². The summed E-state index contributed by atoms with van der Waals surface area (Å²) < 4.78 is 205. The highest BCUT2D eigenvalue weighted by atomic mass is 32.3. The largest absolute Gasteiger partial charge is 0.479 e. The quantitative estimate of drug-likeness (QED) is 0.0359. The van der Waals surface area contributed by atoms with Crippen molar-refractivity contribution < 1.29 is 151 Å². The van der Waals surface area contributed by atoms with Gasteiger partial charge in [0.25, 0.3) is 0 Å². The second kappa shape index (κ2) is 25.0. The minimum absolute atomic E-state index is 0.842. The molecule has 0 aromatic heterocycles. The SMILES string of the molecule is CO[C@H]1OC(COS(=O)(=O)O)[C@@H](O[C@@H]2O[C@@H](N=O)[C@@H](O[C@H]3OC(COS(=O)(=O)O)[C@@H](O[C@@H]4OC(C(=O)O)[C@@H](O[C@H]5OC(COS(=O)(=O)O)[C@@H](C)[C@H](O)C5C)[C@H](O)C4O)[C@H](C)C3C)C(O)C2OS(=O)(=O)O)[C@H](O)C1C. The number of nitrogens with zero attached hydrogens (tertiary/aromatic N) is 1. The standard InChI is InChI=1S/C35H59NO34S4/c1-10-11(2)32(67-26-22(41)27(70-74(54,55)56)35(69-29(26)36-44)65-24-17(9-60-73(51,52)53)62-31(57-6)14(5)19(24)38)63-16(8-59-72(48,49)50)23(10)64-34-21(40)20(39)25(28(68-34)30(42)43)66-33-13(4)18(37)12(3)15(61-33)7-58-71(45,46)47/h10-29,31-35,37-41H,7-9H2,1-6H3,(H,42,43)(H,45,46,47)(H,48,49,50)(H,51,52,53)(H,54,55,56)/t10-,11?,12-,13?,14?,15?,16?,17?,18+,19-,20-,21?,22?,23+,24-,25+,26+,27?,28?,29-,31+,32-,33-,34-,35-/m1/s1. The Kier molecular flexibility index (Phi) is 21.2. The predicted octanol–water partition coefficient (Wildman–Crippen LogP) is -4.76. The maximum Gasteiger partial charge on any atom is 0.397 e. The molecule has 5 rings (SSSR count). The van der Waals surface area contributed by atoms with Gasteiger partial charge in [-0.3, -0.25) is 18.2 Å². The third-order valence-electron chi connectivity index (χ3n) is 13.0. The molecular formula is C35H59NO34S4. The number of aliphatic hydroxyl groups is 5. The lowest BCUT2D eigenvalue weighted by atomic mass is 9.84. The third kappa shape index (κ3) is 15.8. The van der Waals surface area contributed by atoms with Crippen molar-refractivity contribution >= 4 is 47.6 Å². The third-order valence-corrected chi connectivity index (χ3v) is 14.8. The van der Waals surface area contributed by atoms with Crippen LogP contribution >= 0.6 is 0 Å². The van der Waals surface area contributed by atoms with E-state index < -0.39 is 220 Å². The lowest BCUT2D eigenvalue weighted by Crippen LogP contribution is -2.66. The summed E-state index contributed by atoms with van der Waals surface area (Å²) in [7, 11) is -20.0.